The van der Waals surface area contributed by atoms with Crippen molar-refractivity contribution >= 4 is 38.7 Å². The summed E-state index contributed by atoms with van der Waals surface area (Å²) in [5, 5.41) is 9.03. The summed E-state index contributed by atoms with van der Waals surface area (Å²) in [4.78, 5) is 18.6. The molecule has 3 rings (SSSR count). The third-order valence-electron chi connectivity index (χ3n) is 3.18. The number of H-pyrrole nitrogens is 1. The summed E-state index contributed by atoms with van der Waals surface area (Å²) in [5.74, 6) is -0.174. The number of benzene rings is 1. The second-order valence-electron chi connectivity index (χ2n) is 4.65. The summed E-state index contributed by atoms with van der Waals surface area (Å²) in [6, 6.07) is 4.01. The van der Waals surface area contributed by atoms with E-state index in [0.717, 1.165) is 32.5 Å². The number of fused-ring (bicyclic) bond motifs is 3. The van der Waals surface area contributed by atoms with Crippen LogP contribution >= 0.6 is 15.9 Å². The van der Waals surface area contributed by atoms with E-state index in [0.29, 0.717) is 5.78 Å². The van der Waals surface area contributed by atoms with Gasteiger partial charge in [-0.2, -0.15) is 0 Å². The Morgan fingerprint density at radius 3 is 2.89 bits per heavy atom. The first-order valence-corrected chi connectivity index (χ1v) is 6.64. The van der Waals surface area contributed by atoms with Crippen LogP contribution in [0.5, 0.6) is 0 Å². The van der Waals surface area contributed by atoms with Crippen LogP contribution in [0.1, 0.15) is 17.0 Å². The van der Waals surface area contributed by atoms with Gasteiger partial charge in [-0.1, -0.05) is 0 Å². The van der Waals surface area contributed by atoms with Crippen LogP contribution in [0.4, 0.5) is 0 Å². The van der Waals surface area contributed by atoms with E-state index in [1.165, 1.54) is 0 Å². The number of rotatable bonds is 2. The number of aryl methyl sites for hydroxylation is 2. The summed E-state index contributed by atoms with van der Waals surface area (Å²) in [7, 11) is 0. The second-order valence-corrected chi connectivity index (χ2v) is 5.51. The molecule has 0 unspecified atom stereocenters. The fourth-order valence-corrected chi connectivity index (χ4v) is 3.04. The van der Waals surface area contributed by atoms with Crippen LogP contribution < -0.4 is 0 Å². The summed E-state index contributed by atoms with van der Waals surface area (Å²) < 4.78 is 2.80. The number of carbonyl (C=O) groups is 1. The van der Waals surface area contributed by atoms with Crippen LogP contribution in [0.15, 0.2) is 16.6 Å². The molecule has 5 nitrogen and oxygen atoms in total. The topological polar surface area (TPSA) is 70.4 Å². The highest BCUT2D eigenvalue weighted by Crippen LogP contribution is 2.28. The molecule has 0 fully saturated rings. The molecule has 0 atom stereocenters. The maximum absolute atomic E-state index is 11.0. The monoisotopic (exact) mass is 321 g/mol. The number of imidazole rings is 2. The molecule has 0 spiro atoms. The summed E-state index contributed by atoms with van der Waals surface area (Å²) in [6.45, 7) is 3.86. The lowest BCUT2D eigenvalue weighted by Crippen LogP contribution is -2.04. The Kier molecular flexibility index (Phi) is 2.63. The maximum Gasteiger partial charge on any atom is 0.309 e. The van der Waals surface area contributed by atoms with E-state index >= 15 is 0 Å². The van der Waals surface area contributed by atoms with Crippen LogP contribution in [0.2, 0.25) is 0 Å². The van der Waals surface area contributed by atoms with Gasteiger partial charge in [0.1, 0.15) is 5.52 Å². The third-order valence-corrected chi connectivity index (χ3v) is 3.78. The van der Waals surface area contributed by atoms with Gasteiger partial charge in [-0.25, -0.2) is 4.98 Å². The number of aliphatic carboxylic acids is 1. The Morgan fingerprint density at radius 1 is 1.47 bits per heavy atom. The van der Waals surface area contributed by atoms with Crippen LogP contribution in [0.25, 0.3) is 16.8 Å². The Bertz CT molecular complexity index is 816. The molecule has 0 aliphatic heterocycles. The van der Waals surface area contributed by atoms with Gasteiger partial charge in [0.05, 0.1) is 17.6 Å². The zero-order chi connectivity index (χ0) is 13.7. The second kappa shape index (κ2) is 4.09. The third kappa shape index (κ3) is 1.83. The molecule has 0 radical (unpaired) electrons. The van der Waals surface area contributed by atoms with Crippen molar-refractivity contribution in [2.45, 2.75) is 20.3 Å². The fraction of sp³-hybridized carbons (Fsp3) is 0.231. The number of carboxylic acids is 1. The quantitative estimate of drug-likeness (QED) is 0.762. The van der Waals surface area contributed by atoms with Crippen molar-refractivity contribution in [3.63, 3.8) is 0 Å². The molecular weight excluding hydrogens is 310 g/mol. The Morgan fingerprint density at radius 2 is 2.21 bits per heavy atom. The molecule has 0 saturated carbocycles. The van der Waals surface area contributed by atoms with E-state index in [-0.39, 0.29) is 6.42 Å². The normalized spacial score (nSPS) is 11.5. The number of hydrogen-bond acceptors (Lipinski definition) is 2. The van der Waals surface area contributed by atoms with Crippen LogP contribution in [0, 0.1) is 13.8 Å². The van der Waals surface area contributed by atoms with Gasteiger partial charge >= 0.3 is 5.97 Å². The van der Waals surface area contributed by atoms with Gasteiger partial charge in [0.15, 0.2) is 0 Å². The average molecular weight is 322 g/mol. The van der Waals surface area contributed by atoms with Crippen LogP contribution in [0.3, 0.4) is 0 Å². The molecule has 0 saturated heterocycles. The molecule has 0 aliphatic carbocycles. The molecule has 98 valence electrons. The van der Waals surface area contributed by atoms with E-state index in [1.807, 2.05) is 30.4 Å². The molecular formula is C13H12BrN3O2. The lowest BCUT2D eigenvalue weighted by Gasteiger charge is -2.01. The number of nitrogens with zero attached hydrogens (tertiary/aromatic N) is 2. The number of aromatic nitrogens is 3. The summed E-state index contributed by atoms with van der Waals surface area (Å²) in [5.41, 5.74) is 4.43. The number of hydrogen-bond donors (Lipinski definition) is 2. The molecule has 0 aliphatic rings. The Balaban J connectivity index is 2.43. The molecule has 3 aromatic rings. The average Bonchev–Trinajstić information content (AvgIpc) is 2.77. The van der Waals surface area contributed by atoms with Crippen molar-refractivity contribution < 1.29 is 9.90 Å². The smallest absolute Gasteiger partial charge is 0.309 e. The van der Waals surface area contributed by atoms with Gasteiger partial charge in [-0.3, -0.25) is 9.20 Å². The number of carboxylic acid groups (broad SMARTS) is 1. The SMILES string of the molecule is Cc1cc(Br)c2nc3[nH]c(C)c(CC(=O)O)n3c2c1. The first kappa shape index (κ1) is 12.2. The minimum Gasteiger partial charge on any atom is -0.481 e. The van der Waals surface area contributed by atoms with Gasteiger partial charge in [0, 0.05) is 10.2 Å². The highest BCUT2D eigenvalue weighted by molar-refractivity contribution is 9.10. The largest absolute Gasteiger partial charge is 0.481 e. The minimum atomic E-state index is -0.849. The number of aromatic amines is 1. The molecule has 0 amide bonds. The molecule has 19 heavy (non-hydrogen) atoms. The van der Waals surface area contributed by atoms with Crippen molar-refractivity contribution in [2.24, 2.45) is 0 Å². The molecule has 2 N–H and O–H groups in total. The first-order valence-electron chi connectivity index (χ1n) is 5.85. The fourth-order valence-electron chi connectivity index (χ4n) is 2.39. The lowest BCUT2D eigenvalue weighted by atomic mass is 10.2. The van der Waals surface area contributed by atoms with E-state index in [4.69, 9.17) is 5.11 Å². The number of halogens is 1. The van der Waals surface area contributed by atoms with Crippen molar-refractivity contribution in [1.29, 1.82) is 0 Å². The Labute approximate surface area is 117 Å². The minimum absolute atomic E-state index is 0.0249. The Hall–Kier alpha value is -1.82. The van der Waals surface area contributed by atoms with Crippen molar-refractivity contribution in [3.8, 4) is 0 Å². The van der Waals surface area contributed by atoms with Crippen molar-refractivity contribution in [3.05, 3.63) is 33.6 Å². The van der Waals surface area contributed by atoms with Crippen LogP contribution in [-0.2, 0) is 11.2 Å². The predicted octanol–water partition coefficient (Wildman–Crippen LogP) is 2.82. The highest BCUT2D eigenvalue weighted by atomic mass is 79.9. The van der Waals surface area contributed by atoms with Gasteiger partial charge in [0.25, 0.3) is 0 Å². The zero-order valence-electron chi connectivity index (χ0n) is 10.5. The number of nitrogens with one attached hydrogen (secondary N) is 1. The molecule has 0 bridgehead atoms. The maximum atomic E-state index is 11.0. The summed E-state index contributed by atoms with van der Waals surface area (Å²) >= 11 is 3.50. The van der Waals surface area contributed by atoms with Gasteiger partial charge in [-0.15, -0.1) is 0 Å². The predicted molar refractivity (Wildman–Crippen MR) is 75.6 cm³/mol. The van der Waals surface area contributed by atoms with Gasteiger partial charge in [0.2, 0.25) is 5.78 Å². The summed E-state index contributed by atoms with van der Waals surface area (Å²) in [6.07, 6.45) is -0.0249. The highest BCUT2D eigenvalue weighted by Gasteiger charge is 2.17. The van der Waals surface area contributed by atoms with E-state index in [1.54, 1.807) is 0 Å². The lowest BCUT2D eigenvalue weighted by molar-refractivity contribution is -0.136. The molecule has 6 heteroatoms. The van der Waals surface area contributed by atoms with Crippen molar-refractivity contribution in [2.75, 3.05) is 0 Å². The van der Waals surface area contributed by atoms with Gasteiger partial charge < -0.3 is 10.1 Å². The molecule has 2 aromatic heterocycles. The van der Waals surface area contributed by atoms with Crippen molar-refractivity contribution in [1.82, 2.24) is 14.4 Å². The van der Waals surface area contributed by atoms with E-state index in [2.05, 4.69) is 25.9 Å². The molecule has 1 aromatic carbocycles. The standard InChI is InChI=1S/C13H12BrN3O2/c1-6-3-8(14)12-10(4-6)17-9(5-11(18)19)7(2)15-13(17)16-12/h3-4H,5H2,1-2H3,(H,15,16)(H,18,19). The van der Waals surface area contributed by atoms with E-state index < -0.39 is 5.97 Å². The zero-order valence-corrected chi connectivity index (χ0v) is 12.1. The van der Waals surface area contributed by atoms with E-state index in [9.17, 15) is 4.79 Å². The first-order chi connectivity index (χ1) is 8.97. The molecule has 2 heterocycles. The van der Waals surface area contributed by atoms with Gasteiger partial charge in [-0.05, 0) is 47.5 Å². The van der Waals surface area contributed by atoms with Crippen LogP contribution in [-0.4, -0.2) is 25.4 Å².